The lowest BCUT2D eigenvalue weighted by molar-refractivity contribution is -0.124. The van der Waals surface area contributed by atoms with E-state index in [-0.39, 0.29) is 18.4 Å². The summed E-state index contributed by atoms with van der Waals surface area (Å²) in [6, 6.07) is 12.8. The van der Waals surface area contributed by atoms with Gasteiger partial charge in [0.2, 0.25) is 11.8 Å². The summed E-state index contributed by atoms with van der Waals surface area (Å²) in [5.74, 6) is -0.820. The van der Waals surface area contributed by atoms with Crippen LogP contribution >= 0.6 is 0 Å². The second-order valence-corrected chi connectivity index (χ2v) is 8.06. The molecule has 1 aliphatic heterocycles. The molecule has 2 aromatic rings. The number of benzene rings is 2. The zero-order valence-electron chi connectivity index (χ0n) is 16.4. The van der Waals surface area contributed by atoms with Gasteiger partial charge in [0.05, 0.1) is 12.1 Å². The van der Waals surface area contributed by atoms with Gasteiger partial charge in [0.15, 0.2) is 0 Å². The highest BCUT2D eigenvalue weighted by Gasteiger charge is 2.43. The molecule has 2 aromatic carbocycles. The van der Waals surface area contributed by atoms with Crippen molar-refractivity contribution in [2.24, 2.45) is 11.7 Å². The SMILES string of the molecule is N#CC(Cc1ccc(-c2ccc(C(N)=O)cc2)cc1F)NC(=O)[C@H]1N[C@@H]2CCC1C2. The summed E-state index contributed by atoms with van der Waals surface area (Å²) in [5.41, 5.74) is 7.38. The van der Waals surface area contributed by atoms with Crippen LogP contribution in [0.1, 0.15) is 35.2 Å². The molecule has 154 valence electrons. The molecule has 7 heteroatoms. The van der Waals surface area contributed by atoms with E-state index < -0.39 is 17.8 Å². The molecule has 2 amide bonds. The van der Waals surface area contributed by atoms with Gasteiger partial charge in [-0.15, -0.1) is 0 Å². The molecule has 30 heavy (non-hydrogen) atoms. The van der Waals surface area contributed by atoms with Crippen molar-refractivity contribution < 1.29 is 14.0 Å². The Hall–Kier alpha value is -3.24. The van der Waals surface area contributed by atoms with Crippen LogP contribution in [0.5, 0.6) is 0 Å². The first-order valence-corrected chi connectivity index (χ1v) is 10.1. The number of hydrogen-bond acceptors (Lipinski definition) is 4. The number of fused-ring (bicyclic) bond motifs is 2. The zero-order chi connectivity index (χ0) is 21.3. The monoisotopic (exact) mass is 406 g/mol. The first-order valence-electron chi connectivity index (χ1n) is 10.1. The lowest BCUT2D eigenvalue weighted by atomic mass is 9.97. The number of amides is 2. The molecule has 4 atom stereocenters. The van der Waals surface area contributed by atoms with E-state index in [1.807, 2.05) is 0 Å². The minimum atomic E-state index is -0.798. The van der Waals surface area contributed by atoms with Crippen LogP contribution < -0.4 is 16.4 Å². The summed E-state index contributed by atoms with van der Waals surface area (Å²) < 4.78 is 14.7. The van der Waals surface area contributed by atoms with Crippen molar-refractivity contribution in [2.75, 3.05) is 0 Å². The fraction of sp³-hybridized carbons (Fsp3) is 0.348. The van der Waals surface area contributed by atoms with Gasteiger partial charge in [-0.05, 0) is 60.1 Å². The predicted octanol–water partition coefficient (Wildman–Crippen LogP) is 2.28. The number of carbonyl (C=O) groups excluding carboxylic acids is 2. The van der Waals surface area contributed by atoms with Crippen LogP contribution in [0.4, 0.5) is 4.39 Å². The number of rotatable bonds is 6. The highest BCUT2D eigenvalue weighted by molar-refractivity contribution is 5.93. The van der Waals surface area contributed by atoms with Crippen LogP contribution in [0, 0.1) is 23.1 Å². The Morgan fingerprint density at radius 2 is 1.93 bits per heavy atom. The number of hydrogen-bond donors (Lipinski definition) is 3. The first kappa shape index (κ1) is 20.0. The second kappa shape index (κ2) is 8.25. The quantitative estimate of drug-likeness (QED) is 0.684. The van der Waals surface area contributed by atoms with Gasteiger partial charge in [0.1, 0.15) is 11.9 Å². The van der Waals surface area contributed by atoms with E-state index in [9.17, 15) is 19.2 Å². The molecule has 0 aromatic heterocycles. The van der Waals surface area contributed by atoms with Gasteiger partial charge in [-0.3, -0.25) is 9.59 Å². The number of carbonyl (C=O) groups is 2. The normalized spacial score (nSPS) is 23.0. The average molecular weight is 406 g/mol. The van der Waals surface area contributed by atoms with Gasteiger partial charge in [0, 0.05) is 18.0 Å². The topological polar surface area (TPSA) is 108 Å². The Balaban J connectivity index is 1.42. The Labute approximate surface area is 174 Å². The highest BCUT2D eigenvalue weighted by atomic mass is 19.1. The molecule has 2 bridgehead atoms. The van der Waals surface area contributed by atoms with Gasteiger partial charge < -0.3 is 16.4 Å². The Morgan fingerprint density at radius 1 is 1.20 bits per heavy atom. The summed E-state index contributed by atoms with van der Waals surface area (Å²) in [5, 5.41) is 15.5. The molecule has 0 radical (unpaired) electrons. The fourth-order valence-electron chi connectivity index (χ4n) is 4.48. The number of halogens is 1. The maximum absolute atomic E-state index is 14.7. The van der Waals surface area contributed by atoms with Crippen molar-refractivity contribution in [1.29, 1.82) is 5.26 Å². The average Bonchev–Trinajstić information content (AvgIpc) is 3.38. The highest BCUT2D eigenvalue weighted by Crippen LogP contribution is 2.35. The third-order valence-electron chi connectivity index (χ3n) is 6.09. The number of primary amides is 1. The van der Waals surface area contributed by atoms with E-state index in [0.717, 1.165) is 24.8 Å². The summed E-state index contributed by atoms with van der Waals surface area (Å²) in [7, 11) is 0. The lowest BCUT2D eigenvalue weighted by Gasteiger charge is -2.23. The van der Waals surface area contributed by atoms with E-state index >= 15 is 0 Å². The van der Waals surface area contributed by atoms with Crippen molar-refractivity contribution in [3.05, 3.63) is 59.4 Å². The molecule has 0 spiro atoms. The molecule has 4 rings (SSSR count). The van der Waals surface area contributed by atoms with E-state index in [1.165, 1.54) is 6.07 Å². The number of nitrogens with two attached hydrogens (primary N) is 1. The molecule has 2 unspecified atom stereocenters. The van der Waals surface area contributed by atoms with Crippen LogP contribution in [-0.2, 0) is 11.2 Å². The molecule has 1 heterocycles. The molecular weight excluding hydrogens is 383 g/mol. The third kappa shape index (κ3) is 4.05. The minimum Gasteiger partial charge on any atom is -0.366 e. The lowest BCUT2D eigenvalue weighted by Crippen LogP contribution is -2.50. The fourth-order valence-corrected chi connectivity index (χ4v) is 4.48. The number of piperidine rings is 1. The summed E-state index contributed by atoms with van der Waals surface area (Å²) in [6.07, 6.45) is 3.23. The van der Waals surface area contributed by atoms with Crippen molar-refractivity contribution >= 4 is 11.8 Å². The van der Waals surface area contributed by atoms with Crippen LogP contribution in [-0.4, -0.2) is 29.9 Å². The van der Waals surface area contributed by atoms with Crippen molar-refractivity contribution in [3.63, 3.8) is 0 Å². The molecule has 1 saturated heterocycles. The second-order valence-electron chi connectivity index (χ2n) is 8.06. The molecular formula is C23H23FN4O2. The molecule has 2 fully saturated rings. The zero-order valence-corrected chi connectivity index (χ0v) is 16.4. The van der Waals surface area contributed by atoms with Crippen molar-refractivity contribution in [1.82, 2.24) is 10.6 Å². The van der Waals surface area contributed by atoms with Crippen LogP contribution in [0.25, 0.3) is 11.1 Å². The standard InChI is InChI=1S/C23H23FN4O2/c24-20-11-15(13-1-3-14(4-2-13)22(26)29)5-6-16(20)9-19(12-25)28-23(30)21-17-7-8-18(10-17)27-21/h1-6,11,17-19,21,27H,7-10H2,(H2,26,29)(H,28,30)/t17?,18-,19?,21+/m1/s1. The molecule has 6 nitrogen and oxygen atoms in total. The molecule has 1 aliphatic carbocycles. The first-order chi connectivity index (χ1) is 14.4. The van der Waals surface area contributed by atoms with Crippen molar-refractivity contribution in [2.45, 2.75) is 43.8 Å². The van der Waals surface area contributed by atoms with Crippen LogP contribution in [0.2, 0.25) is 0 Å². The van der Waals surface area contributed by atoms with E-state index in [0.29, 0.717) is 28.7 Å². The van der Waals surface area contributed by atoms with Gasteiger partial charge in [-0.2, -0.15) is 5.26 Å². The van der Waals surface area contributed by atoms with E-state index in [1.54, 1.807) is 36.4 Å². The Morgan fingerprint density at radius 3 is 2.50 bits per heavy atom. The number of nitriles is 1. The smallest absolute Gasteiger partial charge is 0.248 e. The number of nitrogens with one attached hydrogen (secondary N) is 2. The molecule has 1 saturated carbocycles. The summed E-state index contributed by atoms with van der Waals surface area (Å²) in [4.78, 5) is 23.7. The number of nitrogens with zero attached hydrogens (tertiary/aromatic N) is 1. The van der Waals surface area contributed by atoms with Gasteiger partial charge in [-0.25, -0.2) is 4.39 Å². The largest absolute Gasteiger partial charge is 0.366 e. The predicted molar refractivity (Wildman–Crippen MR) is 110 cm³/mol. The van der Waals surface area contributed by atoms with E-state index in [4.69, 9.17) is 5.73 Å². The van der Waals surface area contributed by atoms with E-state index in [2.05, 4.69) is 16.7 Å². The van der Waals surface area contributed by atoms with Gasteiger partial charge >= 0.3 is 0 Å². The minimum absolute atomic E-state index is 0.0930. The van der Waals surface area contributed by atoms with Gasteiger partial charge in [0.25, 0.3) is 0 Å². The van der Waals surface area contributed by atoms with Crippen LogP contribution in [0.3, 0.4) is 0 Å². The molecule has 2 aliphatic rings. The maximum atomic E-state index is 14.7. The third-order valence-corrected chi connectivity index (χ3v) is 6.09. The Kier molecular flexibility index (Phi) is 5.51. The summed E-state index contributed by atoms with van der Waals surface area (Å²) >= 11 is 0. The Bertz CT molecular complexity index is 1010. The van der Waals surface area contributed by atoms with Crippen molar-refractivity contribution in [3.8, 4) is 17.2 Å². The van der Waals surface area contributed by atoms with Gasteiger partial charge in [-0.1, -0.05) is 24.3 Å². The molecule has 4 N–H and O–H groups in total. The van der Waals surface area contributed by atoms with Crippen LogP contribution in [0.15, 0.2) is 42.5 Å². The summed E-state index contributed by atoms with van der Waals surface area (Å²) in [6.45, 7) is 0. The maximum Gasteiger partial charge on any atom is 0.248 e.